The van der Waals surface area contributed by atoms with Crippen molar-refractivity contribution in [2.75, 3.05) is 13.9 Å². The average molecular weight is 268 g/mol. The van der Waals surface area contributed by atoms with Gasteiger partial charge in [-0.25, -0.2) is 0 Å². The zero-order valence-corrected chi connectivity index (χ0v) is 11.7. The predicted molar refractivity (Wildman–Crippen MR) is 72.2 cm³/mol. The molecule has 1 rings (SSSR count). The van der Waals surface area contributed by atoms with E-state index in [1.165, 1.54) is 13.2 Å². The van der Waals surface area contributed by atoms with Crippen LogP contribution in [0, 0.1) is 10.1 Å². The molecule has 1 N–H and O–H groups in total. The molecule has 1 aromatic carbocycles. The lowest BCUT2D eigenvalue weighted by Crippen LogP contribution is -2.35. The summed E-state index contributed by atoms with van der Waals surface area (Å²) < 4.78 is 10.0. The number of hydrogen-bond acceptors (Lipinski definition) is 5. The summed E-state index contributed by atoms with van der Waals surface area (Å²) in [6, 6.07) is 4.83. The monoisotopic (exact) mass is 268 g/mol. The molecule has 6 nitrogen and oxygen atoms in total. The van der Waals surface area contributed by atoms with E-state index in [4.69, 9.17) is 9.47 Å². The Balaban J connectivity index is 2.88. The molecular formula is C13H20N2O4. The zero-order chi connectivity index (χ0) is 14.5. The molecule has 0 aromatic heterocycles. The van der Waals surface area contributed by atoms with Gasteiger partial charge in [-0.15, -0.1) is 0 Å². The van der Waals surface area contributed by atoms with Crippen molar-refractivity contribution in [1.82, 2.24) is 5.32 Å². The predicted octanol–water partition coefficient (Wildman–Crippen LogP) is 2.47. The van der Waals surface area contributed by atoms with Gasteiger partial charge in [0.25, 0.3) is 0 Å². The van der Waals surface area contributed by atoms with Gasteiger partial charge in [0, 0.05) is 25.3 Å². The maximum Gasteiger partial charge on any atom is 0.311 e. The molecule has 0 saturated heterocycles. The molecule has 0 unspecified atom stereocenters. The van der Waals surface area contributed by atoms with Gasteiger partial charge in [-0.05, 0) is 32.4 Å². The van der Waals surface area contributed by atoms with E-state index in [1.54, 1.807) is 12.1 Å². The van der Waals surface area contributed by atoms with Crippen molar-refractivity contribution in [3.8, 4) is 5.75 Å². The summed E-state index contributed by atoms with van der Waals surface area (Å²) in [4.78, 5) is 10.4. The Bertz CT molecular complexity index is 441. The van der Waals surface area contributed by atoms with Crippen LogP contribution in [-0.4, -0.2) is 24.4 Å². The van der Waals surface area contributed by atoms with E-state index < -0.39 is 4.92 Å². The second kappa shape index (κ2) is 6.49. The van der Waals surface area contributed by atoms with Crippen LogP contribution in [0.1, 0.15) is 26.3 Å². The number of methoxy groups -OCH3 is 1. The molecule has 0 amide bonds. The van der Waals surface area contributed by atoms with E-state index in [-0.39, 0.29) is 23.8 Å². The first kappa shape index (κ1) is 15.4. The molecule has 0 aliphatic rings. The van der Waals surface area contributed by atoms with Crippen molar-refractivity contribution in [1.29, 1.82) is 0 Å². The number of hydrogen-bond donors (Lipinski definition) is 1. The fourth-order valence-electron chi connectivity index (χ4n) is 1.42. The highest BCUT2D eigenvalue weighted by Gasteiger charge is 2.16. The maximum absolute atomic E-state index is 10.9. The molecular weight excluding hydrogens is 248 g/mol. The third kappa shape index (κ3) is 5.23. The first-order chi connectivity index (χ1) is 8.83. The number of ether oxygens (including phenoxy) is 2. The topological polar surface area (TPSA) is 73.6 Å². The normalized spacial score (nSPS) is 11.4. The molecule has 1 aromatic rings. The minimum atomic E-state index is -0.466. The molecule has 0 heterocycles. The van der Waals surface area contributed by atoms with E-state index in [2.05, 4.69) is 26.1 Å². The van der Waals surface area contributed by atoms with E-state index >= 15 is 0 Å². The lowest BCUT2D eigenvalue weighted by molar-refractivity contribution is -0.386. The van der Waals surface area contributed by atoms with E-state index in [0.717, 1.165) is 5.56 Å². The van der Waals surface area contributed by atoms with Gasteiger partial charge in [0.15, 0.2) is 12.5 Å². The van der Waals surface area contributed by atoms with Crippen molar-refractivity contribution in [3.05, 3.63) is 33.9 Å². The summed E-state index contributed by atoms with van der Waals surface area (Å²) in [7, 11) is 1.47. The molecule has 0 radical (unpaired) electrons. The van der Waals surface area contributed by atoms with E-state index in [9.17, 15) is 10.1 Å². The van der Waals surface area contributed by atoms with Gasteiger partial charge in [-0.3, -0.25) is 10.1 Å². The largest absolute Gasteiger partial charge is 0.460 e. The molecule has 0 bridgehead atoms. The fraction of sp³-hybridized carbons (Fsp3) is 0.538. The standard InChI is InChI=1S/C13H20N2O4/c1-13(2,3)14-8-10-5-6-11(15(16)17)12(7-10)19-9-18-4/h5-7,14H,8-9H2,1-4H3. The molecule has 0 aliphatic heterocycles. The van der Waals surface area contributed by atoms with Gasteiger partial charge in [-0.1, -0.05) is 6.07 Å². The van der Waals surface area contributed by atoms with Crippen LogP contribution in [0.25, 0.3) is 0 Å². The SMILES string of the molecule is COCOc1cc(CNC(C)(C)C)ccc1[N+](=O)[O-]. The Morgan fingerprint density at radius 2 is 2.05 bits per heavy atom. The molecule has 19 heavy (non-hydrogen) atoms. The third-order valence-corrected chi connectivity index (χ3v) is 2.38. The number of nitrogens with one attached hydrogen (secondary N) is 1. The minimum Gasteiger partial charge on any atom is -0.460 e. The number of nitro benzene ring substituents is 1. The number of rotatable bonds is 6. The van der Waals surface area contributed by atoms with Crippen LogP contribution in [0.5, 0.6) is 5.75 Å². The molecule has 106 valence electrons. The number of benzene rings is 1. The molecule has 0 fully saturated rings. The fourth-order valence-corrected chi connectivity index (χ4v) is 1.42. The zero-order valence-electron chi connectivity index (χ0n) is 11.7. The number of nitrogens with zero attached hydrogens (tertiary/aromatic N) is 1. The molecule has 0 atom stereocenters. The molecule has 6 heteroatoms. The van der Waals surface area contributed by atoms with Crippen molar-refractivity contribution < 1.29 is 14.4 Å². The Morgan fingerprint density at radius 1 is 1.37 bits per heavy atom. The Hall–Kier alpha value is -1.66. The van der Waals surface area contributed by atoms with Crippen molar-refractivity contribution in [2.24, 2.45) is 0 Å². The van der Waals surface area contributed by atoms with Crippen molar-refractivity contribution in [2.45, 2.75) is 32.9 Å². The molecule has 0 aliphatic carbocycles. The first-order valence-corrected chi connectivity index (χ1v) is 5.97. The first-order valence-electron chi connectivity index (χ1n) is 5.97. The summed E-state index contributed by atoms with van der Waals surface area (Å²) in [6.07, 6.45) is 0. The highest BCUT2D eigenvalue weighted by molar-refractivity contribution is 5.48. The molecule has 0 saturated carbocycles. The Labute approximate surface area is 112 Å². The van der Waals surface area contributed by atoms with E-state index in [0.29, 0.717) is 6.54 Å². The van der Waals surface area contributed by atoms with Gasteiger partial charge < -0.3 is 14.8 Å². The summed E-state index contributed by atoms with van der Waals surface area (Å²) in [5.74, 6) is 0.222. The van der Waals surface area contributed by atoms with Gasteiger partial charge in [0.1, 0.15) is 0 Å². The Morgan fingerprint density at radius 3 is 2.58 bits per heavy atom. The summed E-state index contributed by atoms with van der Waals surface area (Å²) in [5.41, 5.74) is 0.846. The van der Waals surface area contributed by atoms with Gasteiger partial charge in [-0.2, -0.15) is 0 Å². The maximum atomic E-state index is 10.9. The highest BCUT2D eigenvalue weighted by Crippen LogP contribution is 2.28. The van der Waals surface area contributed by atoms with Crippen LogP contribution in [-0.2, 0) is 11.3 Å². The van der Waals surface area contributed by atoms with Gasteiger partial charge in [0.05, 0.1) is 4.92 Å². The quantitative estimate of drug-likeness (QED) is 0.487. The third-order valence-electron chi connectivity index (χ3n) is 2.38. The summed E-state index contributed by atoms with van der Waals surface area (Å²) in [6.45, 7) is 6.77. The van der Waals surface area contributed by atoms with Crippen LogP contribution in [0.2, 0.25) is 0 Å². The van der Waals surface area contributed by atoms with E-state index in [1.807, 2.05) is 0 Å². The van der Waals surface area contributed by atoms with Crippen LogP contribution in [0.4, 0.5) is 5.69 Å². The van der Waals surface area contributed by atoms with Crippen LogP contribution in [0.15, 0.2) is 18.2 Å². The second-order valence-corrected chi connectivity index (χ2v) is 5.21. The van der Waals surface area contributed by atoms with Crippen molar-refractivity contribution in [3.63, 3.8) is 0 Å². The average Bonchev–Trinajstić information content (AvgIpc) is 2.32. The molecule has 0 spiro atoms. The van der Waals surface area contributed by atoms with Crippen LogP contribution >= 0.6 is 0 Å². The van der Waals surface area contributed by atoms with Gasteiger partial charge >= 0.3 is 5.69 Å². The second-order valence-electron chi connectivity index (χ2n) is 5.21. The summed E-state index contributed by atoms with van der Waals surface area (Å²) >= 11 is 0. The minimum absolute atomic E-state index is 0.0169. The highest BCUT2D eigenvalue weighted by atomic mass is 16.7. The lowest BCUT2D eigenvalue weighted by Gasteiger charge is -2.20. The smallest absolute Gasteiger partial charge is 0.311 e. The van der Waals surface area contributed by atoms with Gasteiger partial charge in [0.2, 0.25) is 0 Å². The summed E-state index contributed by atoms with van der Waals surface area (Å²) in [5, 5.41) is 14.2. The van der Waals surface area contributed by atoms with Crippen molar-refractivity contribution >= 4 is 5.69 Å². The lowest BCUT2D eigenvalue weighted by atomic mass is 10.1. The number of nitro groups is 1. The Kier molecular flexibility index (Phi) is 5.26. The van der Waals surface area contributed by atoms with Crippen LogP contribution < -0.4 is 10.1 Å². The van der Waals surface area contributed by atoms with Crippen LogP contribution in [0.3, 0.4) is 0 Å².